The Morgan fingerprint density at radius 1 is 1.00 bits per heavy atom. The lowest BCUT2D eigenvalue weighted by Crippen LogP contribution is -2.36. The number of aromatic hydroxyl groups is 4. The molecule has 2 atom stereocenters. The maximum atomic E-state index is 12.3. The van der Waals surface area contributed by atoms with E-state index in [2.05, 4.69) is 0 Å². The number of aliphatic hydroxyl groups is 1. The summed E-state index contributed by atoms with van der Waals surface area (Å²) >= 11 is 0. The van der Waals surface area contributed by atoms with Gasteiger partial charge in [-0.3, -0.25) is 4.79 Å². The lowest BCUT2D eigenvalue weighted by atomic mass is 9.92. The summed E-state index contributed by atoms with van der Waals surface area (Å²) in [6.07, 6.45) is -3.07. The number of ketones is 1. The average Bonchev–Trinajstić information content (AvgIpc) is 2.52. The van der Waals surface area contributed by atoms with Crippen molar-refractivity contribution < 1.29 is 39.8 Å². The molecule has 24 heavy (non-hydrogen) atoms. The van der Waals surface area contributed by atoms with Gasteiger partial charge in [0.15, 0.2) is 23.7 Å². The van der Waals surface area contributed by atoms with Crippen molar-refractivity contribution in [2.45, 2.75) is 12.2 Å². The van der Waals surface area contributed by atoms with Crippen molar-refractivity contribution >= 4 is 5.78 Å². The zero-order chi connectivity index (χ0) is 17.6. The van der Waals surface area contributed by atoms with E-state index in [0.29, 0.717) is 0 Å². The number of benzene rings is 2. The first-order valence-electron chi connectivity index (χ1n) is 6.88. The van der Waals surface area contributed by atoms with Crippen LogP contribution in [-0.4, -0.2) is 44.5 Å². The zero-order valence-corrected chi connectivity index (χ0v) is 12.4. The molecule has 0 aromatic heterocycles. The summed E-state index contributed by atoms with van der Waals surface area (Å²) in [5, 5.41) is 49.4. The quantitative estimate of drug-likeness (QED) is 0.517. The molecule has 5 N–H and O–H groups in total. The Morgan fingerprint density at radius 3 is 2.38 bits per heavy atom. The zero-order valence-electron chi connectivity index (χ0n) is 12.4. The van der Waals surface area contributed by atoms with E-state index in [1.54, 1.807) is 0 Å². The molecule has 1 heterocycles. The predicted molar refractivity (Wildman–Crippen MR) is 79.8 cm³/mol. The number of hydrogen-bond acceptors (Lipinski definition) is 8. The van der Waals surface area contributed by atoms with Crippen molar-refractivity contribution in [3.05, 3.63) is 35.4 Å². The molecule has 3 rings (SSSR count). The summed E-state index contributed by atoms with van der Waals surface area (Å²) in [5.74, 6) is -2.54. The smallest absolute Gasteiger partial charge is 0.202 e. The number of aliphatic hydroxyl groups excluding tert-OH is 1. The van der Waals surface area contributed by atoms with Crippen molar-refractivity contribution in [3.8, 4) is 34.5 Å². The van der Waals surface area contributed by atoms with Crippen molar-refractivity contribution in [2.75, 3.05) is 7.11 Å². The fourth-order valence-corrected chi connectivity index (χ4v) is 2.61. The van der Waals surface area contributed by atoms with Crippen LogP contribution in [0.5, 0.6) is 34.5 Å². The number of phenols is 4. The molecule has 0 bridgehead atoms. The standard InChI is InChI=1S/C16H14O8/c1-23-11-5-8(18)7(4-9(11)19)16-15(22)14(21)13-10(20)2-6(17)3-12(13)24-16/h2-5,15-20,22H,1H3/t15-,16+/m0/s1. The van der Waals surface area contributed by atoms with Crippen molar-refractivity contribution in [1.82, 2.24) is 0 Å². The second-order valence-corrected chi connectivity index (χ2v) is 5.27. The summed E-state index contributed by atoms with van der Waals surface area (Å²) in [5.41, 5.74) is -0.323. The van der Waals surface area contributed by atoms with E-state index in [9.17, 15) is 30.3 Å². The molecule has 1 aliphatic heterocycles. The van der Waals surface area contributed by atoms with Crippen LogP contribution in [0.4, 0.5) is 0 Å². The average molecular weight is 334 g/mol. The molecule has 0 aliphatic carbocycles. The highest BCUT2D eigenvalue weighted by Crippen LogP contribution is 2.45. The topological polar surface area (TPSA) is 137 Å². The van der Waals surface area contributed by atoms with E-state index in [0.717, 1.165) is 24.3 Å². The van der Waals surface area contributed by atoms with Gasteiger partial charge in [-0.1, -0.05) is 0 Å². The van der Waals surface area contributed by atoms with Gasteiger partial charge in [-0.25, -0.2) is 0 Å². The Kier molecular flexibility index (Phi) is 3.61. The molecular formula is C16H14O8. The minimum atomic E-state index is -1.73. The second-order valence-electron chi connectivity index (χ2n) is 5.27. The lowest BCUT2D eigenvalue weighted by molar-refractivity contribution is 0.0202. The molecule has 0 unspecified atom stereocenters. The minimum Gasteiger partial charge on any atom is -0.508 e. The number of hydrogen-bond donors (Lipinski definition) is 5. The fourth-order valence-electron chi connectivity index (χ4n) is 2.61. The van der Waals surface area contributed by atoms with Crippen molar-refractivity contribution in [2.24, 2.45) is 0 Å². The maximum absolute atomic E-state index is 12.3. The van der Waals surface area contributed by atoms with E-state index in [1.807, 2.05) is 0 Å². The molecule has 0 saturated heterocycles. The number of carbonyl (C=O) groups excluding carboxylic acids is 1. The molecule has 0 spiro atoms. The number of methoxy groups -OCH3 is 1. The van der Waals surface area contributed by atoms with Crippen LogP contribution in [0.1, 0.15) is 22.0 Å². The van der Waals surface area contributed by atoms with Crippen molar-refractivity contribution in [3.63, 3.8) is 0 Å². The van der Waals surface area contributed by atoms with Gasteiger partial charge in [0.1, 0.15) is 28.6 Å². The van der Waals surface area contributed by atoms with E-state index in [4.69, 9.17) is 9.47 Å². The number of fused-ring (bicyclic) bond motifs is 1. The molecule has 2 aromatic rings. The third-order valence-corrected chi connectivity index (χ3v) is 3.76. The first-order valence-corrected chi connectivity index (χ1v) is 6.88. The summed E-state index contributed by atoms with van der Waals surface area (Å²) in [4.78, 5) is 12.3. The van der Waals surface area contributed by atoms with Gasteiger partial charge >= 0.3 is 0 Å². The Bertz CT molecular complexity index is 829. The Morgan fingerprint density at radius 2 is 1.71 bits per heavy atom. The monoisotopic (exact) mass is 334 g/mol. The normalized spacial score (nSPS) is 19.5. The molecule has 0 saturated carbocycles. The molecule has 1 aliphatic rings. The Balaban J connectivity index is 2.11. The van der Waals surface area contributed by atoms with Gasteiger partial charge in [-0.2, -0.15) is 0 Å². The fraction of sp³-hybridized carbons (Fsp3) is 0.188. The first-order chi connectivity index (χ1) is 11.3. The summed E-state index contributed by atoms with van der Waals surface area (Å²) < 4.78 is 10.3. The maximum Gasteiger partial charge on any atom is 0.202 e. The summed E-state index contributed by atoms with van der Waals surface area (Å²) in [7, 11) is 1.30. The predicted octanol–water partition coefficient (Wildman–Crippen LogP) is 1.19. The SMILES string of the molecule is COc1cc(O)c([C@H]2Oc3cc(O)cc(O)c3C(=O)[C@@H]2O)cc1O. The number of Topliss-reactive ketones (excluding diaryl/α,β-unsaturated/α-hetero) is 1. The third kappa shape index (κ3) is 2.33. The first kappa shape index (κ1) is 15.8. The van der Waals surface area contributed by atoms with Crippen LogP contribution in [-0.2, 0) is 0 Å². The highest BCUT2D eigenvalue weighted by molar-refractivity contribution is 6.05. The highest BCUT2D eigenvalue weighted by atomic mass is 16.5. The van der Waals surface area contributed by atoms with Crippen LogP contribution in [0.2, 0.25) is 0 Å². The van der Waals surface area contributed by atoms with Crippen LogP contribution < -0.4 is 9.47 Å². The highest BCUT2D eigenvalue weighted by Gasteiger charge is 2.40. The molecule has 0 amide bonds. The largest absolute Gasteiger partial charge is 0.508 e. The van der Waals surface area contributed by atoms with Crippen LogP contribution in [0.25, 0.3) is 0 Å². The Hall–Kier alpha value is -3.13. The van der Waals surface area contributed by atoms with E-state index in [-0.39, 0.29) is 39.9 Å². The van der Waals surface area contributed by atoms with Crippen LogP contribution >= 0.6 is 0 Å². The van der Waals surface area contributed by atoms with Gasteiger partial charge < -0.3 is 35.0 Å². The Labute approximate surface area is 135 Å². The van der Waals surface area contributed by atoms with E-state index >= 15 is 0 Å². The molecule has 2 aromatic carbocycles. The van der Waals surface area contributed by atoms with Crippen LogP contribution in [0.3, 0.4) is 0 Å². The second kappa shape index (κ2) is 5.50. The number of rotatable bonds is 2. The summed E-state index contributed by atoms with van der Waals surface area (Å²) in [6.45, 7) is 0. The van der Waals surface area contributed by atoms with Crippen molar-refractivity contribution in [1.29, 1.82) is 0 Å². The molecule has 0 radical (unpaired) electrons. The van der Waals surface area contributed by atoms with Gasteiger partial charge in [0.05, 0.1) is 7.11 Å². The van der Waals surface area contributed by atoms with E-state index in [1.165, 1.54) is 7.11 Å². The molecule has 0 fully saturated rings. The molecule has 126 valence electrons. The van der Waals surface area contributed by atoms with Gasteiger partial charge in [0, 0.05) is 23.8 Å². The molecule has 8 nitrogen and oxygen atoms in total. The van der Waals surface area contributed by atoms with Gasteiger partial charge in [-0.15, -0.1) is 0 Å². The summed E-state index contributed by atoms with van der Waals surface area (Å²) in [6, 6.07) is 4.26. The van der Waals surface area contributed by atoms with E-state index < -0.39 is 23.7 Å². The number of phenolic OH excluding ortho intramolecular Hbond substituents is 4. The van der Waals surface area contributed by atoms with Gasteiger partial charge in [0.2, 0.25) is 5.78 Å². The lowest BCUT2D eigenvalue weighted by Gasteiger charge is -2.30. The number of carbonyl (C=O) groups is 1. The van der Waals surface area contributed by atoms with Gasteiger partial charge in [0.25, 0.3) is 0 Å². The molecular weight excluding hydrogens is 320 g/mol. The third-order valence-electron chi connectivity index (χ3n) is 3.76. The molecule has 8 heteroatoms. The van der Waals surface area contributed by atoms with Crippen LogP contribution in [0.15, 0.2) is 24.3 Å². The van der Waals surface area contributed by atoms with Gasteiger partial charge in [-0.05, 0) is 6.07 Å². The number of ether oxygens (including phenoxy) is 2. The minimum absolute atomic E-state index is 0.00330. The van der Waals surface area contributed by atoms with Crippen LogP contribution in [0, 0.1) is 0 Å².